The van der Waals surface area contributed by atoms with E-state index in [2.05, 4.69) is 31.9 Å². The highest BCUT2D eigenvalue weighted by molar-refractivity contribution is 9.10. The molecule has 0 aliphatic heterocycles. The van der Waals surface area contributed by atoms with Crippen molar-refractivity contribution in [3.05, 3.63) is 0 Å². The molecule has 0 rings (SSSR count). The largest absolute Gasteiger partial charge is 0.465 e. The molecule has 31 heavy (non-hydrogen) atoms. The average Bonchev–Trinajstić information content (AvgIpc) is 2.74. The lowest BCUT2D eigenvalue weighted by Gasteiger charge is -2.06. The molecule has 2 unspecified atom stereocenters. The number of esters is 2. The molecule has 0 saturated carbocycles. The third-order valence-corrected chi connectivity index (χ3v) is 6.17. The van der Waals surface area contributed by atoms with E-state index < -0.39 is 0 Å². The topological polar surface area (TPSA) is 52.6 Å². The quantitative estimate of drug-likeness (QED) is 0.0747. The van der Waals surface area contributed by atoms with Gasteiger partial charge in [0, 0.05) is 0 Å². The third-order valence-electron chi connectivity index (χ3n) is 5.43. The maximum absolute atomic E-state index is 11.3. The van der Waals surface area contributed by atoms with Gasteiger partial charge in [-0.05, 0) is 26.7 Å². The minimum atomic E-state index is -0.198. The van der Waals surface area contributed by atoms with Gasteiger partial charge in [0.2, 0.25) is 0 Å². The summed E-state index contributed by atoms with van der Waals surface area (Å²) in [6.45, 7) is 4.70. The molecular weight excluding hydrogens is 524 g/mol. The first-order chi connectivity index (χ1) is 14.9. The number of hydrogen-bond donors (Lipinski definition) is 0. The summed E-state index contributed by atoms with van der Waals surface area (Å²) in [7, 11) is 0. The van der Waals surface area contributed by atoms with Crippen molar-refractivity contribution in [1.29, 1.82) is 0 Å². The van der Waals surface area contributed by atoms with Gasteiger partial charge in [-0.1, -0.05) is 128 Å². The lowest BCUT2D eigenvalue weighted by Crippen LogP contribution is -2.14. The van der Waals surface area contributed by atoms with Gasteiger partial charge in [0.15, 0.2) is 0 Å². The Bertz CT molecular complexity index is 390. The van der Waals surface area contributed by atoms with Crippen LogP contribution in [0, 0.1) is 0 Å². The fourth-order valence-electron chi connectivity index (χ4n) is 3.43. The van der Waals surface area contributed by atoms with Crippen LogP contribution in [0.25, 0.3) is 0 Å². The summed E-state index contributed by atoms with van der Waals surface area (Å²) < 4.78 is 10.3. The van der Waals surface area contributed by atoms with Crippen LogP contribution in [0.2, 0.25) is 0 Å². The zero-order valence-corrected chi connectivity index (χ0v) is 23.2. The van der Waals surface area contributed by atoms with E-state index in [1.807, 2.05) is 0 Å². The summed E-state index contributed by atoms with van der Waals surface area (Å²) >= 11 is 6.43. The van der Waals surface area contributed by atoms with Crippen LogP contribution in [0.1, 0.15) is 123 Å². The Labute approximate surface area is 208 Å². The fourth-order valence-corrected chi connectivity index (χ4v) is 3.70. The number of carbonyl (C=O) groups is 2. The van der Waals surface area contributed by atoms with Crippen molar-refractivity contribution in [2.75, 3.05) is 13.2 Å². The van der Waals surface area contributed by atoms with Gasteiger partial charge >= 0.3 is 11.9 Å². The van der Waals surface area contributed by atoms with E-state index in [4.69, 9.17) is 9.47 Å². The van der Waals surface area contributed by atoms with Crippen molar-refractivity contribution < 1.29 is 19.1 Å². The molecule has 6 heteroatoms. The number of halogens is 2. The summed E-state index contributed by atoms with van der Waals surface area (Å²) in [5, 5.41) is 0. The van der Waals surface area contributed by atoms with E-state index in [0.717, 1.165) is 25.7 Å². The maximum Gasteiger partial charge on any atom is 0.319 e. The van der Waals surface area contributed by atoms with E-state index in [9.17, 15) is 9.59 Å². The van der Waals surface area contributed by atoms with Crippen LogP contribution in [-0.4, -0.2) is 34.8 Å². The van der Waals surface area contributed by atoms with Crippen molar-refractivity contribution in [2.24, 2.45) is 0 Å². The number of unbranched alkanes of at least 4 members (excludes halogenated alkanes) is 16. The minimum Gasteiger partial charge on any atom is -0.465 e. The van der Waals surface area contributed by atoms with Gasteiger partial charge in [-0.2, -0.15) is 0 Å². The Hall–Kier alpha value is -0.100. The Morgan fingerprint density at radius 3 is 0.871 bits per heavy atom. The molecule has 0 aromatic rings. The first kappa shape index (κ1) is 30.9. The molecule has 4 nitrogen and oxygen atoms in total. The zero-order valence-electron chi connectivity index (χ0n) is 20.0. The Morgan fingerprint density at radius 2 is 0.677 bits per heavy atom. The Morgan fingerprint density at radius 1 is 0.484 bits per heavy atom. The molecule has 0 aromatic heterocycles. The van der Waals surface area contributed by atoms with Crippen LogP contribution >= 0.6 is 31.9 Å². The van der Waals surface area contributed by atoms with Gasteiger partial charge in [-0.15, -0.1) is 0 Å². The first-order valence-corrected chi connectivity index (χ1v) is 14.4. The molecule has 0 saturated heterocycles. The second kappa shape index (κ2) is 23.1. The van der Waals surface area contributed by atoms with E-state index >= 15 is 0 Å². The highest BCUT2D eigenvalue weighted by atomic mass is 79.9. The second-order valence-electron chi connectivity index (χ2n) is 8.58. The van der Waals surface area contributed by atoms with Crippen LogP contribution in [0.4, 0.5) is 0 Å². The average molecular weight is 570 g/mol. The molecule has 0 radical (unpaired) electrons. The Kier molecular flexibility index (Phi) is 23.0. The van der Waals surface area contributed by atoms with Gasteiger partial charge in [0.25, 0.3) is 0 Å². The SMILES string of the molecule is CC(Br)C(=O)OCCCCCCCCCCCCCCCCCCCOC(=O)C(C)Br. The van der Waals surface area contributed by atoms with Gasteiger partial charge in [-0.3, -0.25) is 9.59 Å². The molecule has 0 aromatic carbocycles. The normalized spacial score (nSPS) is 13.0. The molecule has 0 amide bonds. The number of alkyl halides is 2. The van der Waals surface area contributed by atoms with E-state index in [-0.39, 0.29) is 21.6 Å². The van der Waals surface area contributed by atoms with Crippen molar-refractivity contribution in [3.8, 4) is 0 Å². The van der Waals surface area contributed by atoms with Gasteiger partial charge in [0.1, 0.15) is 9.65 Å². The highest BCUT2D eigenvalue weighted by Gasteiger charge is 2.09. The van der Waals surface area contributed by atoms with Crippen LogP contribution in [-0.2, 0) is 19.1 Å². The molecule has 0 fully saturated rings. The van der Waals surface area contributed by atoms with E-state index in [0.29, 0.717) is 13.2 Å². The standard InChI is InChI=1S/C25H46Br2O4/c1-22(26)24(28)30-20-18-16-14-12-10-8-6-4-3-5-7-9-11-13-15-17-19-21-31-25(29)23(2)27/h22-23H,3-21H2,1-2H3. The van der Waals surface area contributed by atoms with Crippen molar-refractivity contribution in [3.63, 3.8) is 0 Å². The molecule has 0 spiro atoms. The van der Waals surface area contributed by atoms with Gasteiger partial charge < -0.3 is 9.47 Å². The lowest BCUT2D eigenvalue weighted by molar-refractivity contribution is -0.143. The highest BCUT2D eigenvalue weighted by Crippen LogP contribution is 2.14. The number of ether oxygens (including phenoxy) is 2. The van der Waals surface area contributed by atoms with Crippen molar-refractivity contribution in [1.82, 2.24) is 0 Å². The van der Waals surface area contributed by atoms with Crippen LogP contribution in [0.15, 0.2) is 0 Å². The molecule has 2 atom stereocenters. The van der Waals surface area contributed by atoms with Crippen molar-refractivity contribution >= 4 is 43.8 Å². The lowest BCUT2D eigenvalue weighted by atomic mass is 10.0. The maximum atomic E-state index is 11.3. The second-order valence-corrected chi connectivity index (χ2v) is 11.3. The van der Waals surface area contributed by atoms with Crippen LogP contribution in [0.5, 0.6) is 0 Å². The monoisotopic (exact) mass is 568 g/mol. The molecule has 0 heterocycles. The zero-order chi connectivity index (χ0) is 23.2. The molecule has 0 aliphatic carbocycles. The fraction of sp³-hybridized carbons (Fsp3) is 0.920. The summed E-state index contributed by atoms with van der Waals surface area (Å²) in [5.74, 6) is -0.311. The van der Waals surface area contributed by atoms with Crippen LogP contribution < -0.4 is 0 Å². The van der Waals surface area contributed by atoms with E-state index in [1.165, 1.54) is 83.5 Å². The molecule has 184 valence electrons. The number of hydrogen-bond acceptors (Lipinski definition) is 4. The van der Waals surface area contributed by atoms with Crippen LogP contribution in [0.3, 0.4) is 0 Å². The molecule has 0 N–H and O–H groups in total. The number of carbonyl (C=O) groups excluding carboxylic acids is 2. The molecule has 0 bridgehead atoms. The predicted octanol–water partition coefficient (Wildman–Crippen LogP) is 8.27. The summed E-state index contributed by atoms with van der Waals surface area (Å²) in [6.07, 6.45) is 21.7. The first-order valence-electron chi connectivity index (χ1n) is 12.6. The number of rotatable bonds is 22. The Balaban J connectivity index is 3.11. The van der Waals surface area contributed by atoms with E-state index in [1.54, 1.807) is 13.8 Å². The van der Waals surface area contributed by atoms with Gasteiger partial charge in [0.05, 0.1) is 13.2 Å². The summed E-state index contributed by atoms with van der Waals surface area (Å²) in [5.41, 5.74) is 0. The summed E-state index contributed by atoms with van der Waals surface area (Å²) in [6, 6.07) is 0. The molecule has 0 aliphatic rings. The predicted molar refractivity (Wildman–Crippen MR) is 137 cm³/mol. The van der Waals surface area contributed by atoms with Gasteiger partial charge in [-0.25, -0.2) is 0 Å². The summed E-state index contributed by atoms with van der Waals surface area (Å²) in [4.78, 5) is 22.2. The smallest absolute Gasteiger partial charge is 0.319 e. The minimum absolute atomic E-state index is 0.156. The van der Waals surface area contributed by atoms with Crippen molar-refractivity contribution in [2.45, 2.75) is 133 Å². The third kappa shape index (κ3) is 22.9. The molecular formula is C25H46Br2O4.